The van der Waals surface area contributed by atoms with Crippen LogP contribution in [0.4, 0.5) is 4.39 Å². The van der Waals surface area contributed by atoms with Gasteiger partial charge in [0.2, 0.25) is 0 Å². The van der Waals surface area contributed by atoms with E-state index in [1.54, 1.807) is 19.4 Å². The second-order valence-electron chi connectivity index (χ2n) is 6.64. The molecule has 0 aliphatic heterocycles. The highest BCUT2D eigenvalue weighted by molar-refractivity contribution is 7.99. The van der Waals surface area contributed by atoms with Gasteiger partial charge in [-0.25, -0.2) is 14.4 Å². The number of hydrogen-bond donors (Lipinski definition) is 0. The summed E-state index contributed by atoms with van der Waals surface area (Å²) in [5.41, 5.74) is 1.54. The van der Waals surface area contributed by atoms with Gasteiger partial charge in [0.25, 0.3) is 0 Å². The molecule has 0 aliphatic carbocycles. The lowest BCUT2D eigenvalue weighted by atomic mass is 10.2. The van der Waals surface area contributed by atoms with Crippen molar-refractivity contribution < 1.29 is 13.5 Å². The maximum absolute atomic E-state index is 13.9. The predicted octanol–water partition coefficient (Wildman–Crippen LogP) is 4.83. The molecule has 5 aromatic rings. The number of furan rings is 1. The summed E-state index contributed by atoms with van der Waals surface area (Å²) in [6.07, 6.45) is 3.08. The number of ether oxygens (including phenoxy) is 1. The minimum atomic E-state index is -0.347. The second kappa shape index (κ2) is 8.19. The first-order valence-corrected chi connectivity index (χ1v) is 10.2. The number of nitrogens with zero attached hydrogens (tertiary/aromatic N) is 5. The Kier molecular flexibility index (Phi) is 5.09. The van der Waals surface area contributed by atoms with Crippen molar-refractivity contribution >= 4 is 22.7 Å². The number of aromatic nitrogens is 5. The molecule has 31 heavy (non-hydrogen) atoms. The van der Waals surface area contributed by atoms with Crippen LogP contribution in [0.5, 0.6) is 5.75 Å². The SMILES string of the molecule is COc1ccc(-c2nnc(Sc3ncnc4ccc(F)cc34)n2Cc2ccco2)cc1. The molecule has 0 spiro atoms. The van der Waals surface area contributed by atoms with Gasteiger partial charge >= 0.3 is 0 Å². The van der Waals surface area contributed by atoms with Crippen LogP contribution in [0, 0.1) is 5.82 Å². The van der Waals surface area contributed by atoms with Crippen LogP contribution < -0.4 is 4.74 Å². The Morgan fingerprint density at radius 1 is 1.06 bits per heavy atom. The molecule has 0 saturated heterocycles. The van der Waals surface area contributed by atoms with Crippen LogP contribution in [0.25, 0.3) is 22.3 Å². The molecule has 3 heterocycles. The third-order valence-corrected chi connectivity index (χ3v) is 5.71. The highest BCUT2D eigenvalue weighted by Crippen LogP contribution is 2.33. The van der Waals surface area contributed by atoms with Crippen molar-refractivity contribution in [3.63, 3.8) is 0 Å². The molecular formula is C22H16FN5O2S. The summed E-state index contributed by atoms with van der Waals surface area (Å²) in [6.45, 7) is 0.432. The van der Waals surface area contributed by atoms with E-state index in [9.17, 15) is 4.39 Å². The minimum Gasteiger partial charge on any atom is -0.497 e. The summed E-state index contributed by atoms with van der Waals surface area (Å²) in [4.78, 5) is 8.57. The van der Waals surface area contributed by atoms with Crippen LogP contribution in [0.1, 0.15) is 5.76 Å². The Labute approximate surface area is 180 Å². The van der Waals surface area contributed by atoms with Crippen LogP contribution >= 0.6 is 11.8 Å². The molecule has 0 amide bonds. The molecule has 0 N–H and O–H groups in total. The summed E-state index contributed by atoms with van der Waals surface area (Å²) in [5, 5.41) is 10.6. The fourth-order valence-corrected chi connectivity index (χ4v) is 4.08. The molecule has 154 valence electrons. The van der Waals surface area contributed by atoms with E-state index in [1.807, 2.05) is 41.0 Å². The average molecular weight is 433 g/mol. The van der Waals surface area contributed by atoms with Crippen molar-refractivity contribution in [3.8, 4) is 17.1 Å². The summed E-state index contributed by atoms with van der Waals surface area (Å²) >= 11 is 1.30. The molecule has 0 aliphatic rings. The zero-order chi connectivity index (χ0) is 21.2. The van der Waals surface area contributed by atoms with Gasteiger partial charge in [-0.05, 0) is 66.4 Å². The second-order valence-corrected chi connectivity index (χ2v) is 7.60. The molecular weight excluding hydrogens is 417 g/mol. The van der Waals surface area contributed by atoms with Crippen LogP contribution in [-0.4, -0.2) is 31.8 Å². The third kappa shape index (κ3) is 3.87. The van der Waals surface area contributed by atoms with Gasteiger partial charge in [0.15, 0.2) is 11.0 Å². The van der Waals surface area contributed by atoms with Gasteiger partial charge in [0, 0.05) is 10.9 Å². The van der Waals surface area contributed by atoms with E-state index in [-0.39, 0.29) is 5.82 Å². The number of benzene rings is 2. The van der Waals surface area contributed by atoms with E-state index in [0.29, 0.717) is 33.5 Å². The third-order valence-electron chi connectivity index (χ3n) is 4.71. The Balaban J connectivity index is 1.58. The fourth-order valence-electron chi connectivity index (χ4n) is 3.19. The molecule has 5 rings (SSSR count). The van der Waals surface area contributed by atoms with Crippen LogP contribution in [0.15, 0.2) is 81.8 Å². The highest BCUT2D eigenvalue weighted by Gasteiger charge is 2.18. The zero-order valence-electron chi connectivity index (χ0n) is 16.4. The first-order chi connectivity index (χ1) is 15.2. The van der Waals surface area contributed by atoms with E-state index < -0.39 is 0 Å². The van der Waals surface area contributed by atoms with Crippen molar-refractivity contribution in [3.05, 3.63) is 78.8 Å². The van der Waals surface area contributed by atoms with Crippen LogP contribution in [0.2, 0.25) is 0 Å². The number of methoxy groups -OCH3 is 1. The Bertz CT molecular complexity index is 1340. The molecule has 0 atom stereocenters. The number of fused-ring (bicyclic) bond motifs is 1. The summed E-state index contributed by atoms with van der Waals surface area (Å²) in [6, 6.07) is 15.7. The lowest BCUT2D eigenvalue weighted by molar-refractivity contribution is 0.415. The Hall–Kier alpha value is -3.72. The summed E-state index contributed by atoms with van der Waals surface area (Å²) in [5.74, 6) is 1.84. The normalized spacial score (nSPS) is 11.2. The van der Waals surface area contributed by atoms with Gasteiger partial charge < -0.3 is 9.15 Å². The quantitative estimate of drug-likeness (QED) is 0.355. The lowest BCUT2D eigenvalue weighted by Gasteiger charge is -2.10. The first-order valence-electron chi connectivity index (χ1n) is 9.39. The standard InChI is InChI=1S/C22H16FN5O2S/c1-29-16-7-4-14(5-8-16)20-26-27-22(28(20)12-17-3-2-10-30-17)31-21-18-11-15(23)6-9-19(18)24-13-25-21/h2-11,13H,12H2,1H3. The topological polar surface area (TPSA) is 78.9 Å². The van der Waals surface area contributed by atoms with E-state index >= 15 is 0 Å². The molecule has 7 nitrogen and oxygen atoms in total. The molecule has 0 fully saturated rings. The summed E-state index contributed by atoms with van der Waals surface area (Å²) < 4.78 is 26.6. The van der Waals surface area contributed by atoms with E-state index in [1.165, 1.54) is 30.2 Å². The minimum absolute atomic E-state index is 0.347. The maximum Gasteiger partial charge on any atom is 0.198 e. The molecule has 0 saturated carbocycles. The van der Waals surface area contributed by atoms with Crippen LogP contribution in [0.3, 0.4) is 0 Å². The van der Waals surface area contributed by atoms with Crippen molar-refractivity contribution in [2.45, 2.75) is 16.7 Å². The maximum atomic E-state index is 13.9. The van der Waals surface area contributed by atoms with Crippen molar-refractivity contribution in [1.82, 2.24) is 24.7 Å². The number of hydrogen-bond acceptors (Lipinski definition) is 7. The highest BCUT2D eigenvalue weighted by atomic mass is 32.2. The van der Waals surface area contributed by atoms with Gasteiger partial charge in [-0.2, -0.15) is 0 Å². The fraction of sp³-hybridized carbons (Fsp3) is 0.0909. The molecule has 0 radical (unpaired) electrons. The Morgan fingerprint density at radius 2 is 1.94 bits per heavy atom. The van der Waals surface area contributed by atoms with Crippen LogP contribution in [-0.2, 0) is 6.54 Å². The predicted molar refractivity (Wildman–Crippen MR) is 113 cm³/mol. The molecule has 3 aromatic heterocycles. The first kappa shape index (κ1) is 19.3. The molecule has 9 heteroatoms. The van der Waals surface area contributed by atoms with E-state index in [2.05, 4.69) is 20.2 Å². The largest absolute Gasteiger partial charge is 0.497 e. The van der Waals surface area contributed by atoms with Gasteiger partial charge in [-0.1, -0.05) is 0 Å². The smallest absolute Gasteiger partial charge is 0.198 e. The average Bonchev–Trinajstić information content (AvgIpc) is 3.45. The van der Waals surface area contributed by atoms with Gasteiger partial charge in [-0.15, -0.1) is 10.2 Å². The lowest BCUT2D eigenvalue weighted by Crippen LogP contribution is -2.03. The van der Waals surface area contributed by atoms with Gasteiger partial charge in [0.05, 0.1) is 25.4 Å². The van der Waals surface area contributed by atoms with Crippen molar-refractivity contribution in [2.24, 2.45) is 0 Å². The van der Waals surface area contributed by atoms with E-state index in [0.717, 1.165) is 17.1 Å². The molecule has 2 aromatic carbocycles. The zero-order valence-corrected chi connectivity index (χ0v) is 17.2. The molecule has 0 bridgehead atoms. The summed E-state index contributed by atoms with van der Waals surface area (Å²) in [7, 11) is 1.62. The monoisotopic (exact) mass is 433 g/mol. The number of rotatable bonds is 6. The molecule has 0 unspecified atom stereocenters. The Morgan fingerprint density at radius 3 is 2.71 bits per heavy atom. The van der Waals surface area contributed by atoms with Crippen molar-refractivity contribution in [2.75, 3.05) is 7.11 Å². The van der Waals surface area contributed by atoms with Gasteiger partial charge in [-0.3, -0.25) is 4.57 Å². The number of halogens is 1. The van der Waals surface area contributed by atoms with E-state index in [4.69, 9.17) is 9.15 Å². The van der Waals surface area contributed by atoms with Crippen molar-refractivity contribution in [1.29, 1.82) is 0 Å². The van der Waals surface area contributed by atoms with Gasteiger partial charge in [0.1, 0.15) is 28.7 Å².